The number of pyridine rings is 1. The Bertz CT molecular complexity index is 493. The van der Waals surface area contributed by atoms with E-state index in [0.717, 1.165) is 0 Å². The molecule has 0 spiro atoms. The fourth-order valence-electron chi connectivity index (χ4n) is 1.47. The zero-order chi connectivity index (χ0) is 13.2. The van der Waals surface area contributed by atoms with E-state index < -0.39 is 11.6 Å². The number of hydrogen-bond donors (Lipinski definition) is 1. The van der Waals surface area contributed by atoms with Crippen LogP contribution >= 0.6 is 15.9 Å². The van der Waals surface area contributed by atoms with Crippen LogP contribution in [-0.4, -0.2) is 28.4 Å². The van der Waals surface area contributed by atoms with E-state index in [1.54, 1.807) is 13.0 Å². The number of aryl methyl sites for hydroxylation is 1. The molecule has 1 atom stereocenters. The van der Waals surface area contributed by atoms with Gasteiger partial charge in [0.15, 0.2) is 5.60 Å². The van der Waals surface area contributed by atoms with E-state index in [0.29, 0.717) is 10.0 Å². The molecule has 1 N–H and O–H groups in total. The Morgan fingerprint density at radius 1 is 1.65 bits per heavy atom. The second-order valence-corrected chi connectivity index (χ2v) is 4.96. The number of esters is 1. The molecule has 6 heteroatoms. The molecule has 0 radical (unpaired) electrons. The lowest BCUT2D eigenvalue weighted by Gasteiger charge is -2.21. The van der Waals surface area contributed by atoms with Crippen molar-refractivity contribution in [3.63, 3.8) is 0 Å². The lowest BCUT2D eigenvalue weighted by Crippen LogP contribution is -2.43. The Kier molecular flexibility index (Phi) is 4.11. The van der Waals surface area contributed by atoms with E-state index in [1.165, 1.54) is 24.8 Å². The Balaban J connectivity index is 3.12. The molecule has 0 aromatic carbocycles. The van der Waals surface area contributed by atoms with Crippen LogP contribution in [0.4, 0.5) is 0 Å². The summed E-state index contributed by atoms with van der Waals surface area (Å²) in [7, 11) is 1.19. The number of halogens is 1. The van der Waals surface area contributed by atoms with Gasteiger partial charge < -0.3 is 14.4 Å². The zero-order valence-electron chi connectivity index (χ0n) is 9.86. The van der Waals surface area contributed by atoms with Crippen LogP contribution in [0.25, 0.3) is 0 Å². The van der Waals surface area contributed by atoms with Crippen molar-refractivity contribution in [2.75, 3.05) is 7.11 Å². The van der Waals surface area contributed by atoms with Gasteiger partial charge in [0.2, 0.25) is 0 Å². The van der Waals surface area contributed by atoms with Gasteiger partial charge in [-0.15, -0.1) is 0 Å². The standard InChI is InChI=1S/C11H14BrNO4/c1-7-4-8(12)5-13(9(7)14)6-11(2,16)10(15)17-3/h4-5,16H,6H2,1-3H3. The quantitative estimate of drug-likeness (QED) is 0.840. The average molecular weight is 304 g/mol. The number of ether oxygens (including phenoxy) is 1. The maximum atomic E-state index is 11.8. The van der Waals surface area contributed by atoms with E-state index >= 15 is 0 Å². The number of rotatable bonds is 3. The summed E-state index contributed by atoms with van der Waals surface area (Å²) < 4.78 is 6.45. The number of nitrogens with zero attached hydrogens (tertiary/aromatic N) is 1. The zero-order valence-corrected chi connectivity index (χ0v) is 11.4. The van der Waals surface area contributed by atoms with Crippen molar-refractivity contribution in [3.05, 3.63) is 32.7 Å². The minimum absolute atomic E-state index is 0.154. The summed E-state index contributed by atoms with van der Waals surface area (Å²) in [6.45, 7) is 2.82. The van der Waals surface area contributed by atoms with Crippen LogP contribution in [0.3, 0.4) is 0 Å². The summed E-state index contributed by atoms with van der Waals surface area (Å²) in [6, 6.07) is 1.67. The monoisotopic (exact) mass is 303 g/mol. The van der Waals surface area contributed by atoms with E-state index in [2.05, 4.69) is 20.7 Å². The maximum Gasteiger partial charge on any atom is 0.339 e. The van der Waals surface area contributed by atoms with Crippen molar-refractivity contribution < 1.29 is 14.6 Å². The van der Waals surface area contributed by atoms with Crippen molar-refractivity contribution in [2.24, 2.45) is 0 Å². The molecule has 1 heterocycles. The summed E-state index contributed by atoms with van der Waals surface area (Å²) in [6.07, 6.45) is 1.52. The topological polar surface area (TPSA) is 68.5 Å². The lowest BCUT2D eigenvalue weighted by atomic mass is 10.1. The number of aliphatic hydroxyl groups is 1. The first kappa shape index (κ1) is 13.9. The number of methoxy groups -OCH3 is 1. The van der Waals surface area contributed by atoms with Crippen molar-refractivity contribution in [1.82, 2.24) is 4.57 Å². The largest absolute Gasteiger partial charge is 0.467 e. The minimum Gasteiger partial charge on any atom is -0.467 e. The first-order valence-electron chi connectivity index (χ1n) is 4.95. The molecule has 5 nitrogen and oxygen atoms in total. The van der Waals surface area contributed by atoms with Gasteiger partial charge in [-0.3, -0.25) is 4.79 Å². The van der Waals surface area contributed by atoms with Gasteiger partial charge in [-0.25, -0.2) is 4.79 Å². The number of carbonyl (C=O) groups is 1. The van der Waals surface area contributed by atoms with Crippen molar-refractivity contribution >= 4 is 21.9 Å². The molecule has 0 fully saturated rings. The second kappa shape index (κ2) is 5.01. The van der Waals surface area contributed by atoms with E-state index in [-0.39, 0.29) is 12.1 Å². The molecule has 17 heavy (non-hydrogen) atoms. The third kappa shape index (κ3) is 3.17. The van der Waals surface area contributed by atoms with Gasteiger partial charge in [-0.05, 0) is 35.8 Å². The molecular weight excluding hydrogens is 290 g/mol. The fraction of sp³-hybridized carbons (Fsp3) is 0.455. The molecule has 1 aromatic heterocycles. The number of hydrogen-bond acceptors (Lipinski definition) is 4. The van der Waals surface area contributed by atoms with E-state index in [1.807, 2.05) is 0 Å². The average Bonchev–Trinajstić information content (AvgIpc) is 2.23. The molecule has 0 aliphatic rings. The highest BCUT2D eigenvalue weighted by Crippen LogP contribution is 2.12. The van der Waals surface area contributed by atoms with Crippen molar-refractivity contribution in [2.45, 2.75) is 26.0 Å². The molecule has 0 bridgehead atoms. The second-order valence-electron chi connectivity index (χ2n) is 4.04. The first-order valence-corrected chi connectivity index (χ1v) is 5.74. The third-order valence-electron chi connectivity index (χ3n) is 2.34. The molecule has 0 saturated carbocycles. The highest BCUT2D eigenvalue weighted by molar-refractivity contribution is 9.10. The summed E-state index contributed by atoms with van der Waals surface area (Å²) in [4.78, 5) is 23.1. The molecule has 0 aliphatic heterocycles. The van der Waals surface area contributed by atoms with Gasteiger partial charge in [-0.1, -0.05) is 0 Å². The van der Waals surface area contributed by atoms with Crippen LogP contribution in [0.1, 0.15) is 12.5 Å². The minimum atomic E-state index is -1.73. The van der Waals surface area contributed by atoms with Crippen molar-refractivity contribution in [1.29, 1.82) is 0 Å². The van der Waals surface area contributed by atoms with Crippen LogP contribution in [-0.2, 0) is 16.1 Å². The van der Waals surface area contributed by atoms with Crippen LogP contribution in [0.2, 0.25) is 0 Å². The molecule has 0 aliphatic carbocycles. The molecular formula is C11H14BrNO4. The van der Waals surface area contributed by atoms with Gasteiger partial charge in [0.05, 0.1) is 13.7 Å². The van der Waals surface area contributed by atoms with Crippen LogP contribution in [0.5, 0.6) is 0 Å². The predicted octanol–water partition coefficient (Wildman–Crippen LogP) is 0.843. The smallest absolute Gasteiger partial charge is 0.339 e. The van der Waals surface area contributed by atoms with Crippen LogP contribution in [0.15, 0.2) is 21.5 Å². The van der Waals surface area contributed by atoms with Crippen LogP contribution < -0.4 is 5.56 Å². The van der Waals surface area contributed by atoms with Gasteiger partial charge in [0.25, 0.3) is 5.56 Å². The van der Waals surface area contributed by atoms with Crippen LogP contribution in [0, 0.1) is 6.92 Å². The summed E-state index contributed by atoms with van der Waals surface area (Å²) in [5.41, 5.74) is -1.45. The number of carbonyl (C=O) groups excluding carboxylic acids is 1. The first-order chi connectivity index (χ1) is 7.77. The highest BCUT2D eigenvalue weighted by Gasteiger charge is 2.32. The molecule has 1 unspecified atom stereocenters. The summed E-state index contributed by atoms with van der Waals surface area (Å²) in [5.74, 6) is -0.776. The lowest BCUT2D eigenvalue weighted by molar-refractivity contribution is -0.161. The van der Waals surface area contributed by atoms with E-state index in [4.69, 9.17) is 0 Å². The maximum absolute atomic E-state index is 11.8. The third-order valence-corrected chi connectivity index (χ3v) is 2.77. The normalized spacial score (nSPS) is 14.2. The molecule has 0 saturated heterocycles. The Hall–Kier alpha value is -1.14. The van der Waals surface area contributed by atoms with Gasteiger partial charge >= 0.3 is 5.97 Å². The molecule has 0 amide bonds. The Morgan fingerprint density at radius 2 is 2.24 bits per heavy atom. The number of aromatic nitrogens is 1. The Morgan fingerprint density at radius 3 is 2.76 bits per heavy atom. The predicted molar refractivity (Wildman–Crippen MR) is 65.8 cm³/mol. The molecule has 94 valence electrons. The van der Waals surface area contributed by atoms with Gasteiger partial charge in [-0.2, -0.15) is 0 Å². The molecule has 1 rings (SSSR count). The highest BCUT2D eigenvalue weighted by atomic mass is 79.9. The summed E-state index contributed by atoms with van der Waals surface area (Å²) in [5, 5.41) is 9.89. The molecule has 1 aromatic rings. The Labute approximate surface area is 107 Å². The van der Waals surface area contributed by atoms with Gasteiger partial charge in [0, 0.05) is 16.2 Å². The SMILES string of the molecule is COC(=O)C(C)(O)Cn1cc(Br)cc(C)c1=O. The summed E-state index contributed by atoms with van der Waals surface area (Å²) >= 11 is 3.25. The van der Waals surface area contributed by atoms with E-state index in [9.17, 15) is 14.7 Å². The van der Waals surface area contributed by atoms with Gasteiger partial charge in [0.1, 0.15) is 0 Å². The fourth-order valence-corrected chi connectivity index (χ4v) is 2.06. The van der Waals surface area contributed by atoms with Crippen molar-refractivity contribution in [3.8, 4) is 0 Å².